The second kappa shape index (κ2) is 7.02. The van der Waals surface area contributed by atoms with E-state index >= 15 is 0 Å². The Labute approximate surface area is 157 Å². The largest absolute Gasteiger partial charge is 0.307 e. The molecule has 1 aliphatic rings. The predicted octanol–water partition coefficient (Wildman–Crippen LogP) is 4.21. The van der Waals surface area contributed by atoms with Crippen molar-refractivity contribution in [1.29, 1.82) is 0 Å². The number of thiophene rings is 1. The lowest BCUT2D eigenvalue weighted by atomic mass is 10.1. The quantitative estimate of drug-likeness (QED) is 0.684. The van der Waals surface area contributed by atoms with Gasteiger partial charge in [0.05, 0.1) is 17.0 Å². The van der Waals surface area contributed by atoms with Gasteiger partial charge in [-0.15, -0.1) is 0 Å². The number of hydrogen-bond donors (Lipinski definition) is 0. The number of fused-ring (bicyclic) bond motifs is 1. The number of likely N-dealkylation sites (N-methyl/N-ethyl adjacent to an activating group) is 1. The molecule has 4 nitrogen and oxygen atoms in total. The third kappa shape index (κ3) is 3.16. The van der Waals surface area contributed by atoms with Crippen LogP contribution in [0.15, 0.2) is 53.2 Å². The summed E-state index contributed by atoms with van der Waals surface area (Å²) in [5, 5.41) is 4.11. The molecule has 4 rings (SSSR count). The third-order valence-electron chi connectivity index (χ3n) is 4.81. The first-order valence-corrected chi connectivity index (χ1v) is 9.66. The van der Waals surface area contributed by atoms with Crippen molar-refractivity contribution in [3.8, 4) is 11.3 Å². The number of aromatic nitrogens is 1. The molecule has 0 atom stereocenters. The second-order valence-electron chi connectivity index (χ2n) is 6.66. The summed E-state index contributed by atoms with van der Waals surface area (Å²) in [6.45, 7) is 4.30. The molecule has 1 aliphatic heterocycles. The normalized spacial score (nSPS) is 14.8. The number of carbonyl (C=O) groups is 1. The highest BCUT2D eigenvalue weighted by molar-refractivity contribution is 7.08. The molecular formula is C21H21N3OS. The monoisotopic (exact) mass is 363 g/mol. The van der Waals surface area contributed by atoms with E-state index in [1.807, 2.05) is 47.5 Å². The summed E-state index contributed by atoms with van der Waals surface area (Å²) < 4.78 is 0. The second-order valence-corrected chi connectivity index (χ2v) is 7.44. The zero-order valence-corrected chi connectivity index (χ0v) is 15.8. The van der Waals surface area contributed by atoms with Gasteiger partial charge in [0.15, 0.2) is 0 Å². The topological polar surface area (TPSA) is 36.4 Å². The summed E-state index contributed by atoms with van der Waals surface area (Å²) in [4.78, 5) is 22.1. The van der Waals surface area contributed by atoms with E-state index in [9.17, 15) is 4.79 Å². The molecule has 0 fully saturated rings. The van der Waals surface area contributed by atoms with Crippen LogP contribution < -0.4 is 4.90 Å². The Balaban J connectivity index is 1.69. The molecule has 3 heterocycles. The van der Waals surface area contributed by atoms with Crippen molar-refractivity contribution in [2.45, 2.75) is 13.5 Å². The zero-order chi connectivity index (χ0) is 18.1. The van der Waals surface area contributed by atoms with Crippen LogP contribution in [0.25, 0.3) is 11.3 Å². The van der Waals surface area contributed by atoms with Gasteiger partial charge in [0.1, 0.15) is 0 Å². The number of rotatable bonds is 2. The van der Waals surface area contributed by atoms with Gasteiger partial charge >= 0.3 is 0 Å². The molecular weight excluding hydrogens is 342 g/mol. The third-order valence-corrected chi connectivity index (χ3v) is 5.49. The molecule has 0 saturated carbocycles. The van der Waals surface area contributed by atoms with Crippen LogP contribution in [-0.2, 0) is 6.54 Å². The summed E-state index contributed by atoms with van der Waals surface area (Å²) in [7, 11) is 2.09. The molecule has 0 radical (unpaired) electrons. The highest BCUT2D eigenvalue weighted by Crippen LogP contribution is 2.27. The number of hydrogen-bond acceptors (Lipinski definition) is 4. The van der Waals surface area contributed by atoms with Gasteiger partial charge < -0.3 is 9.80 Å². The Morgan fingerprint density at radius 3 is 2.73 bits per heavy atom. The van der Waals surface area contributed by atoms with Crippen molar-refractivity contribution in [3.05, 3.63) is 70.0 Å². The standard InChI is InChI=1S/C21H21N3OS/c1-15-18(7-8-19(22-15)17-9-12-26-14-17)21(25)24-11-10-23(2)13-16-5-3-4-6-20(16)24/h3-9,12,14H,10-11,13H2,1-2H3. The number of nitrogens with zero attached hydrogens (tertiary/aromatic N) is 3. The number of carbonyl (C=O) groups excluding carboxylic acids is 1. The van der Waals surface area contributed by atoms with Crippen LogP contribution >= 0.6 is 11.3 Å². The van der Waals surface area contributed by atoms with Crippen molar-refractivity contribution in [3.63, 3.8) is 0 Å². The summed E-state index contributed by atoms with van der Waals surface area (Å²) in [6, 6.07) is 14.1. The lowest BCUT2D eigenvalue weighted by Crippen LogP contribution is -2.35. The molecule has 1 aromatic carbocycles. The van der Waals surface area contributed by atoms with Gasteiger partial charge in [0.2, 0.25) is 0 Å². The molecule has 0 unspecified atom stereocenters. The fraction of sp³-hybridized carbons (Fsp3) is 0.238. The molecule has 0 N–H and O–H groups in total. The van der Waals surface area contributed by atoms with Crippen molar-refractivity contribution in [1.82, 2.24) is 9.88 Å². The van der Waals surface area contributed by atoms with Crippen molar-refractivity contribution in [2.24, 2.45) is 0 Å². The van der Waals surface area contributed by atoms with E-state index < -0.39 is 0 Å². The average molecular weight is 363 g/mol. The van der Waals surface area contributed by atoms with E-state index in [1.54, 1.807) is 11.3 Å². The van der Waals surface area contributed by atoms with E-state index in [4.69, 9.17) is 0 Å². The van der Waals surface area contributed by atoms with Crippen molar-refractivity contribution >= 4 is 22.9 Å². The van der Waals surface area contributed by atoms with Gasteiger partial charge in [0, 0.05) is 36.3 Å². The number of para-hydroxylation sites is 1. The molecule has 0 aliphatic carbocycles. The molecule has 5 heteroatoms. The molecule has 0 bridgehead atoms. The average Bonchev–Trinajstić information content (AvgIpc) is 3.12. The first-order valence-electron chi connectivity index (χ1n) is 8.72. The van der Waals surface area contributed by atoms with E-state index in [2.05, 4.69) is 34.4 Å². The fourth-order valence-corrected chi connectivity index (χ4v) is 4.03. The smallest absolute Gasteiger partial charge is 0.260 e. The van der Waals surface area contributed by atoms with Gasteiger partial charge in [-0.25, -0.2) is 0 Å². The van der Waals surface area contributed by atoms with E-state index in [0.29, 0.717) is 12.1 Å². The van der Waals surface area contributed by atoms with E-state index in [1.165, 1.54) is 5.56 Å². The van der Waals surface area contributed by atoms with E-state index in [0.717, 1.165) is 35.7 Å². The van der Waals surface area contributed by atoms with E-state index in [-0.39, 0.29) is 5.91 Å². The van der Waals surface area contributed by atoms with Gasteiger partial charge in [-0.05, 0) is 49.2 Å². The molecule has 2 aromatic heterocycles. The zero-order valence-electron chi connectivity index (χ0n) is 15.0. The lowest BCUT2D eigenvalue weighted by molar-refractivity contribution is 0.0985. The van der Waals surface area contributed by atoms with Crippen molar-refractivity contribution < 1.29 is 4.79 Å². The minimum atomic E-state index is 0.0228. The molecule has 0 spiro atoms. The predicted molar refractivity (Wildman–Crippen MR) is 107 cm³/mol. The minimum Gasteiger partial charge on any atom is -0.307 e. The number of aryl methyl sites for hydroxylation is 1. The van der Waals surface area contributed by atoms with Crippen LogP contribution in [0.3, 0.4) is 0 Å². The minimum absolute atomic E-state index is 0.0228. The molecule has 3 aromatic rings. The first kappa shape index (κ1) is 16.9. The summed E-state index contributed by atoms with van der Waals surface area (Å²) in [5.41, 5.74) is 5.64. The molecule has 1 amide bonds. The van der Waals surface area contributed by atoms with Crippen LogP contribution in [0.4, 0.5) is 5.69 Å². The molecule has 0 saturated heterocycles. The number of anilines is 1. The number of amides is 1. The lowest BCUT2D eigenvalue weighted by Gasteiger charge is -2.23. The molecule has 26 heavy (non-hydrogen) atoms. The van der Waals surface area contributed by atoms with Crippen molar-refractivity contribution in [2.75, 3.05) is 25.0 Å². The Kier molecular flexibility index (Phi) is 4.57. The Bertz CT molecular complexity index is 936. The summed E-state index contributed by atoms with van der Waals surface area (Å²) in [6.07, 6.45) is 0. The number of pyridine rings is 1. The van der Waals surface area contributed by atoms with Crippen LogP contribution in [0, 0.1) is 6.92 Å². The summed E-state index contributed by atoms with van der Waals surface area (Å²) in [5.74, 6) is 0.0228. The van der Waals surface area contributed by atoms with Crippen LogP contribution in [0.2, 0.25) is 0 Å². The Morgan fingerprint density at radius 1 is 1.12 bits per heavy atom. The Morgan fingerprint density at radius 2 is 1.96 bits per heavy atom. The van der Waals surface area contributed by atoms with Crippen LogP contribution in [-0.4, -0.2) is 35.9 Å². The summed E-state index contributed by atoms with van der Waals surface area (Å²) >= 11 is 1.65. The molecule has 132 valence electrons. The fourth-order valence-electron chi connectivity index (χ4n) is 3.38. The Hall–Kier alpha value is -2.50. The van der Waals surface area contributed by atoms with Gasteiger partial charge in [-0.1, -0.05) is 18.2 Å². The number of benzene rings is 1. The maximum atomic E-state index is 13.3. The highest BCUT2D eigenvalue weighted by Gasteiger charge is 2.25. The maximum absolute atomic E-state index is 13.3. The van der Waals surface area contributed by atoms with Gasteiger partial charge in [-0.3, -0.25) is 9.78 Å². The van der Waals surface area contributed by atoms with Crippen LogP contribution in [0.1, 0.15) is 21.6 Å². The van der Waals surface area contributed by atoms with Gasteiger partial charge in [-0.2, -0.15) is 11.3 Å². The maximum Gasteiger partial charge on any atom is 0.260 e. The highest BCUT2D eigenvalue weighted by atomic mass is 32.1. The van der Waals surface area contributed by atoms with Gasteiger partial charge in [0.25, 0.3) is 5.91 Å². The SMILES string of the molecule is Cc1nc(-c2ccsc2)ccc1C(=O)N1CCN(C)Cc2ccccc21. The van der Waals surface area contributed by atoms with Crippen LogP contribution in [0.5, 0.6) is 0 Å². The first-order chi connectivity index (χ1) is 12.6.